The van der Waals surface area contributed by atoms with E-state index in [9.17, 15) is 9.59 Å². The number of carbonyl (C=O) groups excluding carboxylic acids is 2. The molecule has 1 atom stereocenters. The average Bonchev–Trinajstić information content (AvgIpc) is 3.13. The van der Waals surface area contributed by atoms with E-state index in [4.69, 9.17) is 4.74 Å². The molecule has 8 heteroatoms. The molecule has 1 aliphatic heterocycles. The van der Waals surface area contributed by atoms with Gasteiger partial charge in [-0.05, 0) is 18.9 Å². The van der Waals surface area contributed by atoms with Gasteiger partial charge in [0.05, 0.1) is 19.3 Å². The van der Waals surface area contributed by atoms with Crippen LogP contribution in [0.3, 0.4) is 0 Å². The van der Waals surface area contributed by atoms with E-state index in [0.29, 0.717) is 37.2 Å². The van der Waals surface area contributed by atoms with Gasteiger partial charge in [0, 0.05) is 43.3 Å². The number of hydrogen-bond donors (Lipinski definition) is 2. The molecule has 1 aliphatic carbocycles. The van der Waals surface area contributed by atoms with Crippen LogP contribution < -0.4 is 10.6 Å². The second-order valence-electron chi connectivity index (χ2n) is 7.78. The normalized spacial score (nSPS) is 21.2. The lowest BCUT2D eigenvalue weighted by atomic mass is 9.95. The van der Waals surface area contributed by atoms with Crippen molar-refractivity contribution in [3.8, 4) is 0 Å². The van der Waals surface area contributed by atoms with Gasteiger partial charge in [0.25, 0.3) is 5.91 Å². The van der Waals surface area contributed by atoms with Crippen molar-refractivity contribution >= 4 is 33.4 Å². The number of aromatic nitrogens is 1. The summed E-state index contributed by atoms with van der Waals surface area (Å²) in [6, 6.07) is 4.18. The molecule has 2 fully saturated rings. The van der Waals surface area contributed by atoms with E-state index in [1.54, 1.807) is 13.2 Å². The number of hydrogen-bond acceptors (Lipinski definition) is 6. The van der Waals surface area contributed by atoms with Crippen LogP contribution in [0.15, 0.2) is 18.3 Å². The first-order valence-corrected chi connectivity index (χ1v) is 11.2. The van der Waals surface area contributed by atoms with Gasteiger partial charge in [0.15, 0.2) is 0 Å². The third-order valence-electron chi connectivity index (χ3n) is 5.75. The summed E-state index contributed by atoms with van der Waals surface area (Å²) in [5.41, 5.74) is 0.884. The zero-order valence-electron chi connectivity index (χ0n) is 16.8. The standard InChI is InChI=1S/C21H28N4O3S/c1-22-20(27)19-18(15-8-5-9-23-21(15)29-19)16-12-25(10-11-28-16)13-17(26)24-14-6-3-2-4-7-14/h5,8-9,14,16H,2-4,6-7,10-13H2,1H3,(H,22,27)(H,24,26)/t16-/m0/s1. The van der Waals surface area contributed by atoms with Gasteiger partial charge < -0.3 is 15.4 Å². The first-order chi connectivity index (χ1) is 14.2. The summed E-state index contributed by atoms with van der Waals surface area (Å²) in [7, 11) is 1.63. The molecule has 7 nitrogen and oxygen atoms in total. The number of rotatable bonds is 5. The van der Waals surface area contributed by atoms with Crippen molar-refractivity contribution in [1.82, 2.24) is 20.5 Å². The molecular formula is C21H28N4O3S. The summed E-state index contributed by atoms with van der Waals surface area (Å²) in [4.78, 5) is 33.0. The molecule has 0 bridgehead atoms. The van der Waals surface area contributed by atoms with Crippen molar-refractivity contribution < 1.29 is 14.3 Å². The zero-order chi connectivity index (χ0) is 20.2. The van der Waals surface area contributed by atoms with Gasteiger partial charge in [-0.3, -0.25) is 14.5 Å². The summed E-state index contributed by atoms with van der Waals surface area (Å²) in [5.74, 6) is -0.0420. The number of nitrogens with zero attached hydrogens (tertiary/aromatic N) is 2. The lowest BCUT2D eigenvalue weighted by molar-refractivity contribution is -0.125. The maximum Gasteiger partial charge on any atom is 0.261 e. The van der Waals surface area contributed by atoms with Crippen LogP contribution in [-0.4, -0.2) is 61.0 Å². The summed E-state index contributed by atoms with van der Waals surface area (Å²) in [5, 5.41) is 6.87. The minimum Gasteiger partial charge on any atom is -0.371 e. The van der Waals surface area contributed by atoms with Gasteiger partial charge in [0.2, 0.25) is 5.91 Å². The fraction of sp³-hybridized carbons (Fsp3) is 0.571. The van der Waals surface area contributed by atoms with Crippen molar-refractivity contribution in [1.29, 1.82) is 0 Å². The minimum absolute atomic E-state index is 0.0842. The maximum atomic E-state index is 12.5. The number of pyridine rings is 1. The lowest BCUT2D eigenvalue weighted by Gasteiger charge is -2.33. The van der Waals surface area contributed by atoms with Crippen LogP contribution in [-0.2, 0) is 9.53 Å². The Hall–Kier alpha value is -2.03. The Balaban J connectivity index is 1.48. The van der Waals surface area contributed by atoms with E-state index in [0.717, 1.165) is 28.6 Å². The minimum atomic E-state index is -0.253. The summed E-state index contributed by atoms with van der Waals surface area (Å²) < 4.78 is 6.05. The fourth-order valence-electron chi connectivity index (χ4n) is 4.30. The van der Waals surface area contributed by atoms with Crippen LogP contribution in [0, 0.1) is 0 Å². The van der Waals surface area contributed by atoms with E-state index >= 15 is 0 Å². The quantitative estimate of drug-likeness (QED) is 0.782. The predicted molar refractivity (Wildman–Crippen MR) is 113 cm³/mol. The highest BCUT2D eigenvalue weighted by Gasteiger charge is 2.30. The maximum absolute atomic E-state index is 12.5. The lowest BCUT2D eigenvalue weighted by Crippen LogP contribution is -2.47. The van der Waals surface area contributed by atoms with Crippen LogP contribution in [0.1, 0.15) is 53.4 Å². The molecule has 156 valence electrons. The summed E-state index contributed by atoms with van der Waals surface area (Å²) >= 11 is 1.39. The van der Waals surface area contributed by atoms with E-state index in [-0.39, 0.29) is 17.9 Å². The highest BCUT2D eigenvalue weighted by molar-refractivity contribution is 7.20. The Morgan fingerprint density at radius 2 is 2.14 bits per heavy atom. The van der Waals surface area contributed by atoms with Gasteiger partial charge in [-0.1, -0.05) is 25.3 Å². The van der Waals surface area contributed by atoms with Crippen LogP contribution in [0.5, 0.6) is 0 Å². The molecule has 2 aromatic heterocycles. The molecule has 0 radical (unpaired) electrons. The van der Waals surface area contributed by atoms with E-state index in [2.05, 4.69) is 20.5 Å². The van der Waals surface area contributed by atoms with E-state index < -0.39 is 0 Å². The first kappa shape index (κ1) is 20.3. The zero-order valence-corrected chi connectivity index (χ0v) is 17.6. The van der Waals surface area contributed by atoms with Crippen molar-refractivity contribution in [3.63, 3.8) is 0 Å². The van der Waals surface area contributed by atoms with Gasteiger partial charge in [0.1, 0.15) is 9.71 Å². The molecule has 2 amide bonds. The third kappa shape index (κ3) is 4.60. The van der Waals surface area contributed by atoms with Crippen molar-refractivity contribution in [3.05, 3.63) is 28.8 Å². The van der Waals surface area contributed by atoms with Crippen molar-refractivity contribution in [2.45, 2.75) is 44.2 Å². The molecule has 0 aromatic carbocycles. The molecule has 29 heavy (non-hydrogen) atoms. The first-order valence-electron chi connectivity index (χ1n) is 10.4. The molecule has 2 aromatic rings. The largest absolute Gasteiger partial charge is 0.371 e. The van der Waals surface area contributed by atoms with Gasteiger partial charge in [-0.15, -0.1) is 11.3 Å². The number of thiophene rings is 1. The predicted octanol–water partition coefficient (Wildman–Crippen LogP) is 2.48. The van der Waals surface area contributed by atoms with Crippen molar-refractivity contribution in [2.75, 3.05) is 33.3 Å². The average molecular weight is 417 g/mol. The SMILES string of the molecule is CNC(=O)c1sc2ncccc2c1[C@@H]1CN(CC(=O)NC2CCCCC2)CCO1. The van der Waals surface area contributed by atoms with Crippen LogP contribution >= 0.6 is 11.3 Å². The fourth-order valence-corrected chi connectivity index (χ4v) is 5.44. The third-order valence-corrected chi connectivity index (χ3v) is 6.88. The number of amides is 2. The Kier molecular flexibility index (Phi) is 6.42. The summed E-state index contributed by atoms with van der Waals surface area (Å²) in [6.07, 6.45) is 7.32. The molecule has 4 rings (SSSR count). The van der Waals surface area contributed by atoms with Crippen molar-refractivity contribution in [2.24, 2.45) is 0 Å². The second kappa shape index (κ2) is 9.19. The number of ether oxygens (including phenoxy) is 1. The van der Waals surface area contributed by atoms with E-state index in [1.165, 1.54) is 30.6 Å². The van der Waals surface area contributed by atoms with E-state index in [1.807, 2.05) is 12.1 Å². The van der Waals surface area contributed by atoms with Crippen LogP contribution in [0.25, 0.3) is 10.2 Å². The van der Waals surface area contributed by atoms with Gasteiger partial charge >= 0.3 is 0 Å². The molecule has 2 aliphatic rings. The monoisotopic (exact) mass is 416 g/mol. The van der Waals surface area contributed by atoms with Gasteiger partial charge in [-0.2, -0.15) is 0 Å². The molecule has 1 saturated carbocycles. The Morgan fingerprint density at radius 1 is 1.31 bits per heavy atom. The highest BCUT2D eigenvalue weighted by Crippen LogP contribution is 2.37. The Bertz CT molecular complexity index is 878. The highest BCUT2D eigenvalue weighted by atomic mass is 32.1. The smallest absolute Gasteiger partial charge is 0.261 e. The number of morpholine rings is 1. The van der Waals surface area contributed by atoms with Gasteiger partial charge in [-0.25, -0.2) is 4.98 Å². The molecule has 0 spiro atoms. The number of fused-ring (bicyclic) bond motifs is 1. The summed E-state index contributed by atoms with van der Waals surface area (Å²) in [6.45, 7) is 2.20. The Morgan fingerprint density at radius 3 is 2.93 bits per heavy atom. The second-order valence-corrected chi connectivity index (χ2v) is 8.78. The van der Waals surface area contributed by atoms with Crippen LogP contribution in [0.4, 0.5) is 0 Å². The molecule has 2 N–H and O–H groups in total. The molecule has 0 unspecified atom stereocenters. The number of carbonyl (C=O) groups is 2. The number of nitrogens with one attached hydrogen (secondary N) is 2. The molecule has 1 saturated heterocycles. The Labute approximate surface area is 174 Å². The molecular weight excluding hydrogens is 388 g/mol. The van der Waals surface area contributed by atoms with Crippen LogP contribution in [0.2, 0.25) is 0 Å². The topological polar surface area (TPSA) is 83.6 Å². The molecule has 3 heterocycles.